The average molecular weight is 249 g/mol. The Morgan fingerprint density at radius 2 is 2.33 bits per heavy atom. The monoisotopic (exact) mass is 249 g/mol. The van der Waals surface area contributed by atoms with Crippen LogP contribution >= 0.6 is 0 Å². The minimum Gasteiger partial charge on any atom is -0.490 e. The third-order valence-electron chi connectivity index (χ3n) is 3.67. The van der Waals surface area contributed by atoms with Gasteiger partial charge >= 0.3 is 0 Å². The molecule has 2 unspecified atom stereocenters. The predicted octanol–water partition coefficient (Wildman–Crippen LogP) is 2.04. The van der Waals surface area contributed by atoms with Crippen LogP contribution in [0.3, 0.4) is 0 Å². The zero-order valence-corrected chi connectivity index (χ0v) is 11.3. The first-order valence-corrected chi connectivity index (χ1v) is 6.84. The molecule has 1 aromatic heterocycles. The zero-order valence-electron chi connectivity index (χ0n) is 11.3. The highest BCUT2D eigenvalue weighted by Crippen LogP contribution is 2.29. The number of nitrogens with two attached hydrogens (primary N) is 1. The van der Waals surface area contributed by atoms with E-state index in [4.69, 9.17) is 10.5 Å². The summed E-state index contributed by atoms with van der Waals surface area (Å²) in [5.41, 5.74) is 6.15. The molecule has 18 heavy (non-hydrogen) atoms. The van der Waals surface area contributed by atoms with Gasteiger partial charge in [-0.05, 0) is 31.4 Å². The van der Waals surface area contributed by atoms with Crippen LogP contribution in [-0.4, -0.2) is 30.7 Å². The molecule has 2 atom stereocenters. The van der Waals surface area contributed by atoms with Crippen LogP contribution in [0.25, 0.3) is 0 Å². The van der Waals surface area contributed by atoms with Gasteiger partial charge in [-0.2, -0.15) is 0 Å². The number of ether oxygens (including phenoxy) is 1. The van der Waals surface area contributed by atoms with Crippen molar-refractivity contribution in [2.75, 3.05) is 24.6 Å². The first-order chi connectivity index (χ1) is 8.76. The van der Waals surface area contributed by atoms with Crippen molar-refractivity contribution >= 4 is 5.82 Å². The van der Waals surface area contributed by atoms with Gasteiger partial charge in [-0.1, -0.05) is 13.3 Å². The van der Waals surface area contributed by atoms with Gasteiger partial charge in [0.05, 0.1) is 6.61 Å². The summed E-state index contributed by atoms with van der Waals surface area (Å²) in [6.07, 6.45) is 3.97. The molecule has 2 heterocycles. The molecule has 0 radical (unpaired) electrons. The third kappa shape index (κ3) is 2.75. The summed E-state index contributed by atoms with van der Waals surface area (Å²) in [6.45, 7) is 6.82. The molecule has 1 aliphatic heterocycles. The largest absolute Gasteiger partial charge is 0.490 e. The van der Waals surface area contributed by atoms with Gasteiger partial charge in [0.15, 0.2) is 11.6 Å². The third-order valence-corrected chi connectivity index (χ3v) is 3.67. The van der Waals surface area contributed by atoms with E-state index < -0.39 is 0 Å². The Bertz CT molecular complexity index is 383. The lowest BCUT2D eigenvalue weighted by Crippen LogP contribution is -2.47. The lowest BCUT2D eigenvalue weighted by Gasteiger charge is -2.37. The number of rotatable bonds is 4. The SMILES string of the molecule is CCOc1cccnc1N1CCC(N)C(CC)C1. The molecule has 0 spiro atoms. The Morgan fingerprint density at radius 3 is 3.06 bits per heavy atom. The van der Waals surface area contributed by atoms with Crippen molar-refractivity contribution in [3.63, 3.8) is 0 Å². The molecule has 0 bridgehead atoms. The second-order valence-corrected chi connectivity index (χ2v) is 4.83. The maximum Gasteiger partial charge on any atom is 0.171 e. The fourth-order valence-electron chi connectivity index (χ4n) is 2.56. The van der Waals surface area contributed by atoms with Crippen molar-refractivity contribution in [1.82, 2.24) is 4.98 Å². The van der Waals surface area contributed by atoms with Gasteiger partial charge in [0.2, 0.25) is 0 Å². The zero-order chi connectivity index (χ0) is 13.0. The molecule has 1 aromatic rings. The van der Waals surface area contributed by atoms with E-state index in [2.05, 4.69) is 16.8 Å². The first-order valence-electron chi connectivity index (χ1n) is 6.84. The highest BCUT2D eigenvalue weighted by Gasteiger charge is 2.27. The Kier molecular flexibility index (Phi) is 4.42. The molecule has 0 aromatic carbocycles. The van der Waals surface area contributed by atoms with Gasteiger partial charge in [-0.25, -0.2) is 4.98 Å². The Balaban J connectivity index is 2.16. The maximum atomic E-state index is 6.15. The van der Waals surface area contributed by atoms with Crippen LogP contribution in [0.2, 0.25) is 0 Å². The van der Waals surface area contributed by atoms with E-state index in [0.29, 0.717) is 18.6 Å². The molecule has 1 fully saturated rings. The van der Waals surface area contributed by atoms with E-state index in [-0.39, 0.29) is 0 Å². The average Bonchev–Trinajstić information content (AvgIpc) is 2.40. The summed E-state index contributed by atoms with van der Waals surface area (Å²) >= 11 is 0. The Labute approximate surface area is 109 Å². The number of anilines is 1. The number of piperidine rings is 1. The van der Waals surface area contributed by atoms with Crippen LogP contribution in [0.5, 0.6) is 5.75 Å². The van der Waals surface area contributed by atoms with E-state index in [1.165, 1.54) is 0 Å². The number of hydrogen-bond donors (Lipinski definition) is 1. The minimum atomic E-state index is 0.325. The molecule has 100 valence electrons. The molecule has 4 heteroatoms. The second kappa shape index (κ2) is 6.05. The minimum absolute atomic E-state index is 0.325. The van der Waals surface area contributed by atoms with E-state index in [1.54, 1.807) is 0 Å². The molecule has 2 N–H and O–H groups in total. The highest BCUT2D eigenvalue weighted by molar-refractivity contribution is 5.52. The van der Waals surface area contributed by atoms with E-state index in [1.807, 2.05) is 25.3 Å². The van der Waals surface area contributed by atoms with E-state index >= 15 is 0 Å². The van der Waals surface area contributed by atoms with Crippen molar-refractivity contribution < 1.29 is 4.74 Å². The molecule has 2 rings (SSSR count). The standard InChI is InChI=1S/C14H23N3O/c1-3-11-10-17(9-7-12(11)15)14-13(18-4-2)6-5-8-16-14/h5-6,8,11-12H,3-4,7,9-10,15H2,1-2H3. The van der Waals surface area contributed by atoms with Crippen molar-refractivity contribution in [3.8, 4) is 5.75 Å². The van der Waals surface area contributed by atoms with Crippen LogP contribution in [0, 0.1) is 5.92 Å². The summed E-state index contributed by atoms with van der Waals surface area (Å²) in [7, 11) is 0. The summed E-state index contributed by atoms with van der Waals surface area (Å²) in [5, 5.41) is 0. The summed E-state index contributed by atoms with van der Waals surface area (Å²) in [6, 6.07) is 4.23. The fourth-order valence-corrected chi connectivity index (χ4v) is 2.56. The molecule has 0 amide bonds. The van der Waals surface area contributed by atoms with Gasteiger partial charge in [0.1, 0.15) is 0 Å². The second-order valence-electron chi connectivity index (χ2n) is 4.83. The summed E-state index contributed by atoms with van der Waals surface area (Å²) in [4.78, 5) is 6.78. The predicted molar refractivity (Wildman–Crippen MR) is 74.0 cm³/mol. The first kappa shape index (κ1) is 13.1. The van der Waals surface area contributed by atoms with Gasteiger partial charge in [-0.3, -0.25) is 0 Å². The van der Waals surface area contributed by atoms with Crippen molar-refractivity contribution in [2.24, 2.45) is 11.7 Å². The quantitative estimate of drug-likeness (QED) is 0.887. The van der Waals surface area contributed by atoms with Crippen molar-refractivity contribution in [3.05, 3.63) is 18.3 Å². The molecule has 4 nitrogen and oxygen atoms in total. The van der Waals surface area contributed by atoms with Crippen LogP contribution < -0.4 is 15.4 Å². The topological polar surface area (TPSA) is 51.4 Å². The molecule has 1 saturated heterocycles. The molecular formula is C14H23N3O. The van der Waals surface area contributed by atoms with Gasteiger partial charge in [0, 0.05) is 25.3 Å². The lowest BCUT2D eigenvalue weighted by atomic mass is 9.91. The van der Waals surface area contributed by atoms with Gasteiger partial charge < -0.3 is 15.4 Å². The lowest BCUT2D eigenvalue weighted by molar-refractivity contribution is 0.325. The number of aromatic nitrogens is 1. The van der Waals surface area contributed by atoms with E-state index in [9.17, 15) is 0 Å². The van der Waals surface area contributed by atoms with Crippen LogP contribution in [0.4, 0.5) is 5.82 Å². The maximum absolute atomic E-state index is 6.15. The van der Waals surface area contributed by atoms with Gasteiger partial charge in [0.25, 0.3) is 0 Å². The van der Waals surface area contributed by atoms with Crippen molar-refractivity contribution in [2.45, 2.75) is 32.7 Å². The number of pyridine rings is 1. The number of hydrogen-bond acceptors (Lipinski definition) is 4. The normalized spacial score (nSPS) is 24.1. The highest BCUT2D eigenvalue weighted by atomic mass is 16.5. The molecular weight excluding hydrogens is 226 g/mol. The Morgan fingerprint density at radius 1 is 1.50 bits per heavy atom. The smallest absolute Gasteiger partial charge is 0.171 e. The summed E-state index contributed by atoms with van der Waals surface area (Å²) < 4.78 is 5.65. The molecule has 1 aliphatic rings. The fraction of sp³-hybridized carbons (Fsp3) is 0.643. The molecule has 0 saturated carbocycles. The number of nitrogens with zero attached hydrogens (tertiary/aromatic N) is 2. The Hall–Kier alpha value is -1.29. The molecule has 0 aliphatic carbocycles. The van der Waals surface area contributed by atoms with Gasteiger partial charge in [-0.15, -0.1) is 0 Å². The van der Waals surface area contributed by atoms with Crippen LogP contribution in [0.15, 0.2) is 18.3 Å². The van der Waals surface area contributed by atoms with E-state index in [0.717, 1.165) is 37.5 Å². The van der Waals surface area contributed by atoms with Crippen LogP contribution in [0.1, 0.15) is 26.7 Å². The summed E-state index contributed by atoms with van der Waals surface area (Å²) in [5.74, 6) is 2.39. The van der Waals surface area contributed by atoms with Crippen LogP contribution in [-0.2, 0) is 0 Å². The van der Waals surface area contributed by atoms with Crippen molar-refractivity contribution in [1.29, 1.82) is 0 Å².